The summed E-state index contributed by atoms with van der Waals surface area (Å²) in [5.41, 5.74) is 1.61. The number of allylic oxidation sites excluding steroid dienone is 2. The Labute approximate surface area is 203 Å². The molecule has 1 heterocycles. The first-order valence-electron chi connectivity index (χ1n) is 11.6. The number of ketones is 1. The van der Waals surface area contributed by atoms with E-state index in [2.05, 4.69) is 0 Å². The summed E-state index contributed by atoms with van der Waals surface area (Å²) < 4.78 is 5.17. The number of fused-ring (bicyclic) bond motifs is 1. The van der Waals surface area contributed by atoms with Crippen molar-refractivity contribution in [2.45, 2.75) is 39.0 Å². The normalized spacial score (nSPS) is 19.6. The van der Waals surface area contributed by atoms with Crippen LogP contribution in [0.15, 0.2) is 71.9 Å². The standard InChI is InChI=1S/C28H26N2O5/c1-28(2)15-24-27(25(31)16-28)21(19-9-8-17-6-4-5-7-18(17)12-19)14-26(32)29(24)22-11-10-20(35-3)13-23(22)30(33)34/h4-13,21H,14-16H2,1-3H3. The Morgan fingerprint density at radius 3 is 2.46 bits per heavy atom. The van der Waals surface area contributed by atoms with E-state index in [0.29, 0.717) is 29.9 Å². The molecular formula is C28H26N2O5. The van der Waals surface area contributed by atoms with Crippen LogP contribution in [0.1, 0.15) is 44.6 Å². The highest BCUT2D eigenvalue weighted by Gasteiger charge is 2.45. The highest BCUT2D eigenvalue weighted by atomic mass is 16.6. The second-order valence-electron chi connectivity index (χ2n) is 10.0. The van der Waals surface area contributed by atoms with Crippen LogP contribution in [0.4, 0.5) is 11.4 Å². The smallest absolute Gasteiger partial charge is 0.297 e. The fraction of sp³-hybridized carbons (Fsp3) is 0.286. The second-order valence-corrected chi connectivity index (χ2v) is 10.0. The molecule has 1 aliphatic carbocycles. The van der Waals surface area contributed by atoms with Crippen molar-refractivity contribution in [3.05, 3.63) is 87.6 Å². The lowest BCUT2D eigenvalue weighted by molar-refractivity contribution is -0.384. The molecule has 7 heteroatoms. The van der Waals surface area contributed by atoms with Gasteiger partial charge in [-0.2, -0.15) is 0 Å². The molecule has 1 unspecified atom stereocenters. The van der Waals surface area contributed by atoms with Gasteiger partial charge in [0.2, 0.25) is 5.91 Å². The van der Waals surface area contributed by atoms with E-state index in [-0.39, 0.29) is 40.8 Å². The number of methoxy groups -OCH3 is 1. The summed E-state index contributed by atoms with van der Waals surface area (Å²) in [5, 5.41) is 14.1. The van der Waals surface area contributed by atoms with Gasteiger partial charge in [0, 0.05) is 30.0 Å². The number of ether oxygens (including phenoxy) is 1. The van der Waals surface area contributed by atoms with Crippen molar-refractivity contribution in [1.29, 1.82) is 0 Å². The van der Waals surface area contributed by atoms with Crippen molar-refractivity contribution in [1.82, 2.24) is 0 Å². The molecule has 1 amide bonds. The second kappa shape index (κ2) is 8.34. The molecule has 0 aromatic heterocycles. The monoisotopic (exact) mass is 470 g/mol. The number of hydrogen-bond donors (Lipinski definition) is 0. The number of benzene rings is 3. The van der Waals surface area contributed by atoms with Crippen LogP contribution in [0.25, 0.3) is 10.8 Å². The number of nitrogens with zero attached hydrogens (tertiary/aromatic N) is 2. The van der Waals surface area contributed by atoms with E-state index >= 15 is 0 Å². The SMILES string of the molecule is COc1ccc(N2C(=O)CC(c3ccc4ccccc4c3)C3=C2CC(C)(C)CC3=O)c([N+](=O)[O-])c1. The predicted molar refractivity (Wildman–Crippen MR) is 133 cm³/mol. The number of carbonyl (C=O) groups excluding carboxylic acids is 2. The first kappa shape index (κ1) is 22.8. The van der Waals surface area contributed by atoms with Crippen molar-refractivity contribution < 1.29 is 19.2 Å². The van der Waals surface area contributed by atoms with E-state index in [1.54, 1.807) is 6.07 Å². The van der Waals surface area contributed by atoms with Crippen molar-refractivity contribution >= 4 is 33.8 Å². The molecule has 0 saturated carbocycles. The highest BCUT2D eigenvalue weighted by molar-refractivity contribution is 6.08. The van der Waals surface area contributed by atoms with Gasteiger partial charge in [0.15, 0.2) is 5.78 Å². The highest BCUT2D eigenvalue weighted by Crippen LogP contribution is 2.49. The van der Waals surface area contributed by atoms with E-state index in [0.717, 1.165) is 16.3 Å². The summed E-state index contributed by atoms with van der Waals surface area (Å²) in [7, 11) is 1.43. The van der Waals surface area contributed by atoms with Crippen LogP contribution in [0, 0.1) is 15.5 Å². The summed E-state index contributed by atoms with van der Waals surface area (Å²) >= 11 is 0. The van der Waals surface area contributed by atoms with Gasteiger partial charge in [0.05, 0.1) is 18.1 Å². The fourth-order valence-corrected chi connectivity index (χ4v) is 5.37. The van der Waals surface area contributed by atoms with Gasteiger partial charge >= 0.3 is 0 Å². The lowest BCUT2D eigenvalue weighted by Crippen LogP contribution is -2.44. The van der Waals surface area contributed by atoms with Gasteiger partial charge in [-0.3, -0.25) is 24.6 Å². The maximum atomic E-state index is 13.7. The van der Waals surface area contributed by atoms with Crippen molar-refractivity contribution in [2.75, 3.05) is 12.0 Å². The largest absolute Gasteiger partial charge is 0.496 e. The van der Waals surface area contributed by atoms with Crippen LogP contribution < -0.4 is 9.64 Å². The zero-order chi connectivity index (χ0) is 24.9. The summed E-state index contributed by atoms with van der Waals surface area (Å²) in [6.45, 7) is 3.97. The number of anilines is 1. The Kier molecular flexibility index (Phi) is 5.43. The molecule has 0 saturated heterocycles. The molecule has 0 spiro atoms. The quantitative estimate of drug-likeness (QED) is 0.349. The molecule has 178 valence electrons. The molecule has 0 fully saturated rings. The molecule has 2 aliphatic rings. The van der Waals surface area contributed by atoms with E-state index in [9.17, 15) is 19.7 Å². The molecular weight excluding hydrogens is 444 g/mol. The minimum absolute atomic E-state index is 0.0110. The molecule has 0 radical (unpaired) electrons. The fourth-order valence-electron chi connectivity index (χ4n) is 5.37. The van der Waals surface area contributed by atoms with Crippen LogP contribution >= 0.6 is 0 Å². The number of nitro benzene ring substituents is 1. The average Bonchev–Trinajstić information content (AvgIpc) is 2.82. The van der Waals surface area contributed by atoms with Crippen molar-refractivity contribution in [3.63, 3.8) is 0 Å². The molecule has 3 aromatic carbocycles. The van der Waals surface area contributed by atoms with E-state index < -0.39 is 4.92 Å². The van der Waals surface area contributed by atoms with Gasteiger partial charge < -0.3 is 4.74 Å². The number of nitro groups is 1. The van der Waals surface area contributed by atoms with E-state index in [1.807, 2.05) is 56.3 Å². The minimum Gasteiger partial charge on any atom is -0.496 e. The topological polar surface area (TPSA) is 89.8 Å². The molecule has 0 bridgehead atoms. The van der Waals surface area contributed by atoms with Gasteiger partial charge in [-0.25, -0.2) is 0 Å². The maximum Gasteiger partial charge on any atom is 0.297 e. The van der Waals surface area contributed by atoms with Gasteiger partial charge in [0.25, 0.3) is 5.69 Å². The number of amides is 1. The third-order valence-electron chi connectivity index (χ3n) is 6.94. The number of carbonyl (C=O) groups is 2. The number of hydrogen-bond acceptors (Lipinski definition) is 5. The van der Waals surface area contributed by atoms with Gasteiger partial charge in [-0.05, 0) is 40.3 Å². The third-order valence-corrected chi connectivity index (χ3v) is 6.94. The molecule has 1 atom stereocenters. The molecule has 35 heavy (non-hydrogen) atoms. The zero-order valence-corrected chi connectivity index (χ0v) is 19.9. The van der Waals surface area contributed by atoms with Gasteiger partial charge in [0.1, 0.15) is 11.4 Å². The third kappa shape index (κ3) is 3.97. The van der Waals surface area contributed by atoms with Crippen molar-refractivity contribution in [2.24, 2.45) is 5.41 Å². The van der Waals surface area contributed by atoms with E-state index in [4.69, 9.17) is 4.74 Å². The summed E-state index contributed by atoms with van der Waals surface area (Å²) in [5.74, 6) is -0.337. The first-order chi connectivity index (χ1) is 16.7. The number of rotatable bonds is 4. The Morgan fingerprint density at radius 2 is 1.74 bits per heavy atom. The molecule has 3 aromatic rings. The van der Waals surface area contributed by atoms with Crippen LogP contribution in [0.3, 0.4) is 0 Å². The minimum atomic E-state index is -0.517. The Morgan fingerprint density at radius 1 is 1.00 bits per heavy atom. The van der Waals surface area contributed by atoms with E-state index in [1.165, 1.54) is 24.1 Å². The lowest BCUT2D eigenvalue weighted by atomic mass is 9.69. The molecule has 5 rings (SSSR count). The van der Waals surface area contributed by atoms with Crippen molar-refractivity contribution in [3.8, 4) is 5.75 Å². The first-order valence-corrected chi connectivity index (χ1v) is 11.6. The summed E-state index contributed by atoms with van der Waals surface area (Å²) in [6, 6.07) is 18.4. The van der Waals surface area contributed by atoms with Crippen LogP contribution in [-0.4, -0.2) is 23.7 Å². The van der Waals surface area contributed by atoms with Gasteiger partial charge in [-0.1, -0.05) is 56.3 Å². The molecule has 1 aliphatic heterocycles. The Balaban J connectivity index is 1.71. The Hall–Kier alpha value is -4.00. The zero-order valence-electron chi connectivity index (χ0n) is 19.9. The van der Waals surface area contributed by atoms with Crippen LogP contribution in [-0.2, 0) is 9.59 Å². The Bertz CT molecular complexity index is 1420. The van der Waals surface area contributed by atoms with Crippen LogP contribution in [0.5, 0.6) is 5.75 Å². The van der Waals surface area contributed by atoms with Crippen LogP contribution in [0.2, 0.25) is 0 Å². The molecule has 7 nitrogen and oxygen atoms in total. The van der Waals surface area contributed by atoms with Gasteiger partial charge in [-0.15, -0.1) is 0 Å². The average molecular weight is 471 g/mol. The predicted octanol–water partition coefficient (Wildman–Crippen LogP) is 5.92. The number of Topliss-reactive ketones (excluding diaryl/α,β-unsaturated/α-hetero) is 1. The maximum absolute atomic E-state index is 13.7. The molecule has 0 N–H and O–H groups in total. The summed E-state index contributed by atoms with van der Waals surface area (Å²) in [4.78, 5) is 40.0. The summed E-state index contributed by atoms with van der Waals surface area (Å²) in [6.07, 6.45) is 0.891. The lowest BCUT2D eigenvalue weighted by Gasteiger charge is -2.42.